The molecule has 13 nitrogen and oxygen atoms in total. The Hall–Kier alpha value is -3.36. The van der Waals surface area contributed by atoms with Gasteiger partial charge >= 0.3 is 0 Å². The smallest absolute Gasteiger partial charge is 0.251 e. The molecule has 246 valence electrons. The Labute approximate surface area is 264 Å². The number of carbonyl (C=O) groups is 3. The van der Waals surface area contributed by atoms with Gasteiger partial charge in [0, 0.05) is 24.6 Å². The van der Waals surface area contributed by atoms with Gasteiger partial charge in [0.25, 0.3) is 5.91 Å². The van der Waals surface area contributed by atoms with E-state index in [4.69, 9.17) is 5.73 Å². The third-order valence-corrected chi connectivity index (χ3v) is 11.0. The van der Waals surface area contributed by atoms with Crippen LogP contribution in [0.5, 0.6) is 0 Å². The van der Waals surface area contributed by atoms with Crippen LogP contribution in [0.4, 0.5) is 0 Å². The van der Waals surface area contributed by atoms with Gasteiger partial charge in [0.1, 0.15) is 17.7 Å². The van der Waals surface area contributed by atoms with Crippen molar-refractivity contribution in [3.63, 3.8) is 0 Å². The molecule has 2 aliphatic carbocycles. The SMILES string of the molecule is CC(C)(O)c1cnnn1C1CC(C(N)=O)N(C(=O)[C@@H](CC2CCCCC2)NC(=O)c2ccc(S(=O)(=O)NC3CCCC3)cc2)C1. The van der Waals surface area contributed by atoms with Crippen LogP contribution in [-0.4, -0.2) is 75.8 Å². The molecule has 5 N–H and O–H groups in total. The van der Waals surface area contributed by atoms with E-state index in [1.807, 2.05) is 0 Å². The Morgan fingerprint density at radius 1 is 1.04 bits per heavy atom. The van der Waals surface area contributed by atoms with E-state index in [0.29, 0.717) is 12.1 Å². The van der Waals surface area contributed by atoms with Crippen molar-refractivity contribution in [2.45, 2.75) is 119 Å². The van der Waals surface area contributed by atoms with Crippen LogP contribution in [0.25, 0.3) is 0 Å². The van der Waals surface area contributed by atoms with Gasteiger partial charge in [-0.2, -0.15) is 0 Å². The molecular formula is C31H45N7O6S. The van der Waals surface area contributed by atoms with E-state index in [0.717, 1.165) is 57.8 Å². The number of rotatable bonds is 11. The predicted octanol–water partition coefficient (Wildman–Crippen LogP) is 2.12. The lowest BCUT2D eigenvalue weighted by atomic mass is 9.84. The second-order valence-corrected chi connectivity index (χ2v) is 15.0. The van der Waals surface area contributed by atoms with Crippen LogP contribution in [0.3, 0.4) is 0 Å². The van der Waals surface area contributed by atoms with Crippen molar-refractivity contribution >= 4 is 27.7 Å². The number of aliphatic hydroxyl groups is 1. The molecule has 2 unspecified atom stereocenters. The molecule has 1 aliphatic heterocycles. The summed E-state index contributed by atoms with van der Waals surface area (Å²) in [5.41, 5.74) is 5.19. The van der Waals surface area contributed by atoms with Gasteiger partial charge in [-0.05, 0) is 63.3 Å². The first-order chi connectivity index (χ1) is 21.3. The van der Waals surface area contributed by atoms with Crippen molar-refractivity contribution in [2.75, 3.05) is 6.54 Å². The fourth-order valence-corrected chi connectivity index (χ4v) is 8.30. The van der Waals surface area contributed by atoms with Crippen molar-refractivity contribution < 1.29 is 27.9 Å². The molecule has 3 aliphatic rings. The first kappa shape index (κ1) is 33.0. The van der Waals surface area contributed by atoms with Gasteiger partial charge in [0.2, 0.25) is 21.8 Å². The molecule has 3 atom stereocenters. The van der Waals surface area contributed by atoms with Gasteiger partial charge in [-0.25, -0.2) is 17.8 Å². The first-order valence-corrected chi connectivity index (χ1v) is 17.5. The molecular weight excluding hydrogens is 598 g/mol. The normalized spacial score (nSPS) is 22.4. The number of sulfonamides is 1. The first-order valence-electron chi connectivity index (χ1n) is 16.0. The predicted molar refractivity (Wildman–Crippen MR) is 165 cm³/mol. The van der Waals surface area contributed by atoms with Crippen molar-refractivity contribution in [1.29, 1.82) is 0 Å². The van der Waals surface area contributed by atoms with Gasteiger partial charge in [0.15, 0.2) is 0 Å². The number of aromatic nitrogens is 3. The molecule has 2 saturated carbocycles. The standard InChI is InChI=1S/C31H45N7O6S/c1-31(2,42)27-18-33-36-38(27)23-17-26(28(32)39)37(19-23)30(41)25(16-20-8-4-3-5-9-20)34-29(40)21-12-14-24(15-13-21)45(43,44)35-22-10-6-7-11-22/h12-15,18,20,22-23,25-26,35,42H,3-11,16-17,19H2,1-2H3,(H2,32,39)(H,34,40)/t23?,25-,26?/m1/s1. The largest absolute Gasteiger partial charge is 0.384 e. The van der Waals surface area contributed by atoms with E-state index < -0.39 is 51.5 Å². The Morgan fingerprint density at radius 3 is 2.31 bits per heavy atom. The highest BCUT2D eigenvalue weighted by Crippen LogP contribution is 2.33. The molecule has 0 bridgehead atoms. The molecule has 1 aromatic heterocycles. The van der Waals surface area contributed by atoms with Crippen LogP contribution < -0.4 is 15.8 Å². The number of hydrogen-bond acceptors (Lipinski definition) is 8. The molecule has 2 aromatic rings. The lowest BCUT2D eigenvalue weighted by Gasteiger charge is -2.31. The van der Waals surface area contributed by atoms with Crippen LogP contribution in [-0.2, 0) is 25.2 Å². The summed E-state index contributed by atoms with van der Waals surface area (Å²) in [6.07, 6.45) is 10.8. The van der Waals surface area contributed by atoms with Gasteiger partial charge in [-0.15, -0.1) is 5.10 Å². The van der Waals surface area contributed by atoms with Crippen molar-refractivity contribution in [3.05, 3.63) is 41.7 Å². The molecule has 45 heavy (non-hydrogen) atoms. The fraction of sp³-hybridized carbons (Fsp3) is 0.645. The highest BCUT2D eigenvalue weighted by Gasteiger charge is 2.44. The van der Waals surface area contributed by atoms with Crippen LogP contribution >= 0.6 is 0 Å². The number of hydrogen-bond donors (Lipinski definition) is 4. The number of nitrogens with zero attached hydrogens (tertiary/aromatic N) is 4. The van der Waals surface area contributed by atoms with Gasteiger partial charge in [0.05, 0.1) is 22.8 Å². The average Bonchev–Trinajstić information content (AvgIpc) is 3.78. The zero-order valence-corrected chi connectivity index (χ0v) is 26.8. The molecule has 2 heterocycles. The summed E-state index contributed by atoms with van der Waals surface area (Å²) < 4.78 is 30.0. The van der Waals surface area contributed by atoms with E-state index in [9.17, 15) is 27.9 Å². The maximum Gasteiger partial charge on any atom is 0.251 e. The van der Waals surface area contributed by atoms with Crippen LogP contribution in [0.2, 0.25) is 0 Å². The maximum absolute atomic E-state index is 14.2. The third kappa shape index (κ3) is 7.72. The van der Waals surface area contributed by atoms with Gasteiger partial charge in [-0.3, -0.25) is 14.4 Å². The minimum atomic E-state index is -3.72. The summed E-state index contributed by atoms with van der Waals surface area (Å²) >= 11 is 0. The van der Waals surface area contributed by atoms with Crippen molar-refractivity contribution in [1.82, 2.24) is 29.9 Å². The summed E-state index contributed by atoms with van der Waals surface area (Å²) in [6, 6.07) is 3.32. The summed E-state index contributed by atoms with van der Waals surface area (Å²) in [6.45, 7) is 3.32. The Kier molecular flexibility index (Phi) is 9.94. The molecule has 0 spiro atoms. The van der Waals surface area contributed by atoms with Crippen molar-refractivity contribution in [3.8, 4) is 0 Å². The van der Waals surface area contributed by atoms with Gasteiger partial charge < -0.3 is 21.1 Å². The molecule has 3 amide bonds. The van der Waals surface area contributed by atoms with Crippen molar-refractivity contribution in [2.24, 2.45) is 11.7 Å². The molecule has 1 saturated heterocycles. The Bertz CT molecular complexity index is 1470. The number of amides is 3. The number of nitrogens with one attached hydrogen (secondary N) is 2. The highest BCUT2D eigenvalue weighted by atomic mass is 32.2. The third-order valence-electron chi connectivity index (χ3n) is 9.44. The van der Waals surface area contributed by atoms with E-state index in [1.165, 1.54) is 40.0 Å². The number of benzene rings is 1. The second-order valence-electron chi connectivity index (χ2n) is 13.3. The molecule has 1 aromatic carbocycles. The van der Waals surface area contributed by atoms with E-state index in [2.05, 4.69) is 20.4 Å². The zero-order chi connectivity index (χ0) is 32.4. The summed E-state index contributed by atoms with van der Waals surface area (Å²) in [7, 11) is -3.72. The summed E-state index contributed by atoms with van der Waals surface area (Å²) in [5, 5.41) is 21.6. The zero-order valence-electron chi connectivity index (χ0n) is 26.0. The van der Waals surface area contributed by atoms with E-state index in [-0.39, 0.29) is 35.4 Å². The average molecular weight is 644 g/mol. The summed E-state index contributed by atoms with van der Waals surface area (Å²) in [4.78, 5) is 41.7. The number of likely N-dealkylation sites (tertiary alicyclic amines) is 1. The number of primary amides is 1. The molecule has 5 rings (SSSR count). The Balaban J connectivity index is 1.34. The Morgan fingerprint density at radius 2 is 1.69 bits per heavy atom. The second kappa shape index (κ2) is 13.6. The minimum absolute atomic E-state index is 0.0757. The lowest BCUT2D eigenvalue weighted by Crippen LogP contribution is -2.53. The lowest BCUT2D eigenvalue weighted by molar-refractivity contribution is -0.139. The van der Waals surface area contributed by atoms with E-state index in [1.54, 1.807) is 13.8 Å². The van der Waals surface area contributed by atoms with E-state index >= 15 is 0 Å². The topological polar surface area (TPSA) is 190 Å². The number of nitrogens with two attached hydrogens (primary N) is 1. The minimum Gasteiger partial charge on any atom is -0.384 e. The molecule has 0 radical (unpaired) electrons. The van der Waals surface area contributed by atoms with Crippen LogP contribution in [0.15, 0.2) is 35.4 Å². The van der Waals surface area contributed by atoms with Crippen LogP contribution in [0.1, 0.15) is 107 Å². The quantitative estimate of drug-likeness (QED) is 0.286. The highest BCUT2D eigenvalue weighted by molar-refractivity contribution is 7.89. The van der Waals surface area contributed by atoms with Gasteiger partial charge in [-0.1, -0.05) is 50.2 Å². The monoisotopic (exact) mass is 643 g/mol. The maximum atomic E-state index is 14.2. The summed E-state index contributed by atoms with van der Waals surface area (Å²) in [5.74, 6) is -1.36. The molecule has 3 fully saturated rings. The van der Waals surface area contributed by atoms with Crippen LogP contribution in [0, 0.1) is 5.92 Å². The molecule has 14 heteroatoms. The number of carbonyl (C=O) groups excluding carboxylic acids is 3. The fourth-order valence-electron chi connectivity index (χ4n) is 6.99.